The molecule has 0 spiro atoms. The second-order valence-electron chi connectivity index (χ2n) is 7.49. The minimum absolute atomic E-state index is 0.0770. The third-order valence-electron chi connectivity index (χ3n) is 5.19. The summed E-state index contributed by atoms with van der Waals surface area (Å²) in [5.41, 5.74) is 1.26. The van der Waals surface area contributed by atoms with Gasteiger partial charge in [-0.3, -0.25) is 19.3 Å². The molecule has 2 aromatic heterocycles. The highest BCUT2D eigenvalue weighted by Gasteiger charge is 2.33. The van der Waals surface area contributed by atoms with Gasteiger partial charge in [-0.2, -0.15) is 5.10 Å². The van der Waals surface area contributed by atoms with Gasteiger partial charge in [0, 0.05) is 37.5 Å². The van der Waals surface area contributed by atoms with E-state index in [2.05, 4.69) is 38.5 Å². The summed E-state index contributed by atoms with van der Waals surface area (Å²) in [4.78, 5) is 16.9. The van der Waals surface area contributed by atoms with E-state index in [0.29, 0.717) is 30.1 Å². The number of hydrogen-bond acceptors (Lipinski definition) is 6. The van der Waals surface area contributed by atoms with Crippen LogP contribution in [0.1, 0.15) is 37.1 Å². The average Bonchev–Trinajstić information content (AvgIpc) is 3.22. The average molecular weight is 374 g/mol. The van der Waals surface area contributed by atoms with Gasteiger partial charge in [0.05, 0.1) is 12.7 Å². The maximum Gasteiger partial charge on any atom is 0.239 e. The molecule has 0 bridgehead atoms. The van der Waals surface area contributed by atoms with Crippen molar-refractivity contribution in [3.63, 3.8) is 0 Å². The molecule has 2 atom stereocenters. The quantitative estimate of drug-likeness (QED) is 0.799. The van der Waals surface area contributed by atoms with Crippen molar-refractivity contribution in [2.45, 2.75) is 32.7 Å². The Morgan fingerprint density at radius 2 is 2.30 bits per heavy atom. The molecule has 0 aliphatic carbocycles. The summed E-state index contributed by atoms with van der Waals surface area (Å²) in [6, 6.07) is 2.07. The minimum atomic E-state index is -0.0770. The molecule has 1 fully saturated rings. The molecular formula is C19H30N6O2. The lowest BCUT2D eigenvalue weighted by molar-refractivity contribution is -0.117. The van der Waals surface area contributed by atoms with Crippen LogP contribution in [0.15, 0.2) is 23.0 Å². The van der Waals surface area contributed by atoms with Gasteiger partial charge in [-0.15, -0.1) is 0 Å². The van der Waals surface area contributed by atoms with E-state index < -0.39 is 0 Å². The standard InChI is InChI=1S/C19H30N6O2/c1-5-25-8-6-7-15(19(25)16-10-20-24(4)12-16)11-23(3)13-18(26)21-17-9-14(2)27-22-17/h9-10,12,15,19H,5-8,11,13H2,1-4H3,(H,21,22,26)/t15-,19+/m0/s1. The Morgan fingerprint density at radius 1 is 1.48 bits per heavy atom. The lowest BCUT2D eigenvalue weighted by Gasteiger charge is -2.42. The van der Waals surface area contributed by atoms with Crippen LogP contribution in [0.2, 0.25) is 0 Å². The number of aromatic nitrogens is 3. The number of carbonyl (C=O) groups is 1. The zero-order chi connectivity index (χ0) is 19.4. The molecule has 1 N–H and O–H groups in total. The number of nitrogens with one attached hydrogen (secondary N) is 1. The van der Waals surface area contributed by atoms with E-state index in [0.717, 1.165) is 26.1 Å². The van der Waals surface area contributed by atoms with Gasteiger partial charge in [0.1, 0.15) is 5.76 Å². The Bertz CT molecular complexity index is 755. The van der Waals surface area contributed by atoms with Crippen LogP contribution in [-0.2, 0) is 11.8 Å². The molecule has 1 saturated heterocycles. The fourth-order valence-corrected chi connectivity index (χ4v) is 4.09. The molecule has 1 aliphatic heterocycles. The molecule has 27 heavy (non-hydrogen) atoms. The van der Waals surface area contributed by atoms with Crippen molar-refractivity contribution in [3.05, 3.63) is 29.8 Å². The third kappa shape index (κ3) is 4.95. The highest BCUT2D eigenvalue weighted by molar-refractivity contribution is 5.91. The van der Waals surface area contributed by atoms with Crippen molar-refractivity contribution in [1.29, 1.82) is 0 Å². The largest absolute Gasteiger partial charge is 0.360 e. The summed E-state index contributed by atoms with van der Waals surface area (Å²) < 4.78 is 6.86. The van der Waals surface area contributed by atoms with Crippen LogP contribution >= 0.6 is 0 Å². The minimum Gasteiger partial charge on any atom is -0.360 e. The Labute approximate surface area is 160 Å². The van der Waals surface area contributed by atoms with E-state index in [1.54, 1.807) is 13.0 Å². The van der Waals surface area contributed by atoms with E-state index >= 15 is 0 Å². The van der Waals surface area contributed by atoms with Gasteiger partial charge in [-0.25, -0.2) is 0 Å². The third-order valence-corrected chi connectivity index (χ3v) is 5.19. The summed E-state index contributed by atoms with van der Waals surface area (Å²) in [5, 5.41) is 11.0. The summed E-state index contributed by atoms with van der Waals surface area (Å²) in [5.74, 6) is 1.54. The van der Waals surface area contributed by atoms with Crippen LogP contribution in [0.3, 0.4) is 0 Å². The number of aryl methyl sites for hydroxylation is 2. The van der Waals surface area contributed by atoms with Crippen LogP contribution in [0, 0.1) is 12.8 Å². The van der Waals surface area contributed by atoms with Gasteiger partial charge >= 0.3 is 0 Å². The van der Waals surface area contributed by atoms with Crippen LogP contribution < -0.4 is 5.32 Å². The highest BCUT2D eigenvalue weighted by Crippen LogP contribution is 2.36. The van der Waals surface area contributed by atoms with Crippen LogP contribution in [0.25, 0.3) is 0 Å². The zero-order valence-electron chi connectivity index (χ0n) is 16.7. The summed E-state index contributed by atoms with van der Waals surface area (Å²) in [7, 11) is 3.96. The highest BCUT2D eigenvalue weighted by atomic mass is 16.5. The molecule has 1 aliphatic rings. The Hall–Kier alpha value is -2.19. The predicted molar refractivity (Wildman–Crippen MR) is 103 cm³/mol. The van der Waals surface area contributed by atoms with Gasteiger partial charge in [0.15, 0.2) is 5.82 Å². The number of anilines is 1. The lowest BCUT2D eigenvalue weighted by Crippen LogP contribution is -2.44. The number of amides is 1. The number of nitrogens with zero attached hydrogens (tertiary/aromatic N) is 5. The number of carbonyl (C=O) groups excluding carboxylic acids is 1. The van der Waals surface area contributed by atoms with Crippen molar-refractivity contribution in [1.82, 2.24) is 24.7 Å². The maximum atomic E-state index is 12.3. The fraction of sp³-hybridized carbons (Fsp3) is 0.632. The predicted octanol–water partition coefficient (Wildman–Crippen LogP) is 2.06. The van der Waals surface area contributed by atoms with Crippen molar-refractivity contribution >= 4 is 11.7 Å². The van der Waals surface area contributed by atoms with Crippen LogP contribution in [-0.4, -0.2) is 63.9 Å². The second kappa shape index (κ2) is 8.67. The molecule has 148 valence electrons. The molecule has 8 nitrogen and oxygen atoms in total. The molecular weight excluding hydrogens is 344 g/mol. The topological polar surface area (TPSA) is 79.4 Å². The number of hydrogen-bond donors (Lipinski definition) is 1. The monoisotopic (exact) mass is 374 g/mol. The SMILES string of the molecule is CCN1CCC[C@@H](CN(C)CC(=O)Nc2cc(C)on2)[C@@H]1c1cnn(C)c1. The number of rotatable bonds is 7. The summed E-state index contributed by atoms with van der Waals surface area (Å²) in [6.45, 7) is 7.34. The number of piperidine rings is 1. The zero-order valence-corrected chi connectivity index (χ0v) is 16.7. The second-order valence-corrected chi connectivity index (χ2v) is 7.49. The van der Waals surface area contributed by atoms with Gasteiger partial charge in [0.2, 0.25) is 5.91 Å². The van der Waals surface area contributed by atoms with E-state index in [-0.39, 0.29) is 5.91 Å². The first-order chi connectivity index (χ1) is 13.0. The molecule has 0 saturated carbocycles. The van der Waals surface area contributed by atoms with Gasteiger partial charge in [0.25, 0.3) is 0 Å². The summed E-state index contributed by atoms with van der Waals surface area (Å²) in [6.07, 6.45) is 6.44. The Kier molecular flexibility index (Phi) is 6.28. The fourth-order valence-electron chi connectivity index (χ4n) is 4.09. The van der Waals surface area contributed by atoms with E-state index in [9.17, 15) is 4.79 Å². The molecule has 0 radical (unpaired) electrons. The Morgan fingerprint density at radius 3 is 2.93 bits per heavy atom. The molecule has 3 heterocycles. The first kappa shape index (κ1) is 19.6. The number of likely N-dealkylation sites (N-methyl/N-ethyl adjacent to an activating group) is 1. The Balaban J connectivity index is 1.61. The lowest BCUT2D eigenvalue weighted by atomic mass is 9.85. The first-order valence-electron chi connectivity index (χ1n) is 9.60. The number of likely N-dealkylation sites (tertiary alicyclic amines) is 1. The normalized spacial score (nSPS) is 20.9. The molecule has 3 rings (SSSR count). The summed E-state index contributed by atoms with van der Waals surface area (Å²) >= 11 is 0. The van der Waals surface area contributed by atoms with Crippen LogP contribution in [0.4, 0.5) is 5.82 Å². The molecule has 2 aromatic rings. The molecule has 1 amide bonds. The van der Waals surface area contributed by atoms with E-state index in [1.807, 2.05) is 25.0 Å². The van der Waals surface area contributed by atoms with Crippen molar-refractivity contribution in [2.75, 3.05) is 38.5 Å². The molecule has 0 unspecified atom stereocenters. The van der Waals surface area contributed by atoms with E-state index in [4.69, 9.17) is 4.52 Å². The van der Waals surface area contributed by atoms with Crippen molar-refractivity contribution in [2.24, 2.45) is 13.0 Å². The first-order valence-corrected chi connectivity index (χ1v) is 9.60. The maximum absolute atomic E-state index is 12.3. The van der Waals surface area contributed by atoms with Gasteiger partial charge < -0.3 is 9.84 Å². The molecule has 0 aromatic carbocycles. The van der Waals surface area contributed by atoms with Gasteiger partial charge in [-0.05, 0) is 45.8 Å². The molecule has 8 heteroatoms. The van der Waals surface area contributed by atoms with Gasteiger partial charge in [-0.1, -0.05) is 12.1 Å². The van der Waals surface area contributed by atoms with E-state index in [1.165, 1.54) is 12.0 Å². The van der Waals surface area contributed by atoms with Crippen LogP contribution in [0.5, 0.6) is 0 Å². The van der Waals surface area contributed by atoms with Crippen molar-refractivity contribution < 1.29 is 9.32 Å². The smallest absolute Gasteiger partial charge is 0.239 e. The van der Waals surface area contributed by atoms with Crippen molar-refractivity contribution in [3.8, 4) is 0 Å².